The van der Waals surface area contributed by atoms with Gasteiger partial charge in [-0.05, 0) is 108 Å². The minimum absolute atomic E-state index is 0. The van der Waals surface area contributed by atoms with Crippen molar-refractivity contribution in [3.8, 4) is 55.6 Å². The van der Waals surface area contributed by atoms with Crippen LogP contribution in [0.3, 0.4) is 0 Å². The van der Waals surface area contributed by atoms with Gasteiger partial charge in [0.1, 0.15) is 0 Å². The van der Waals surface area contributed by atoms with E-state index in [0.29, 0.717) is 0 Å². The zero-order valence-electron chi connectivity index (χ0n) is 37.1. The fourth-order valence-electron chi connectivity index (χ4n) is 12.0. The van der Waals surface area contributed by atoms with Gasteiger partial charge in [-0.25, -0.2) is 11.1 Å². The van der Waals surface area contributed by atoms with E-state index in [1.807, 2.05) is 23.5 Å². The molecule has 0 bridgehead atoms. The second-order valence-electron chi connectivity index (χ2n) is 18.6. The molecule has 3 aliphatic carbocycles. The molecule has 0 fully saturated rings. The predicted octanol–water partition coefficient (Wildman–Crippen LogP) is 17.1. The summed E-state index contributed by atoms with van der Waals surface area (Å²) in [5.74, 6) is 0. The fraction of sp³-hybridized carbons (Fsp3) is 0.0625. The average molecular weight is 1090 g/mol. The van der Waals surface area contributed by atoms with Gasteiger partial charge in [0.05, 0.1) is 5.41 Å². The molecule has 0 saturated carbocycles. The maximum absolute atomic E-state index is 3.69. The summed E-state index contributed by atoms with van der Waals surface area (Å²) in [7, 11) is 0. The predicted molar refractivity (Wildman–Crippen MR) is 276 cm³/mol. The Bertz CT molecular complexity index is 3800. The fourth-order valence-corrected chi connectivity index (χ4v) is 13.3. The molecule has 14 rings (SSSR count). The summed E-state index contributed by atoms with van der Waals surface area (Å²) < 4.78 is 2.67. The van der Waals surface area contributed by atoms with Gasteiger partial charge in [-0.3, -0.25) is 0 Å². The molecule has 1 spiro atoms. The van der Waals surface area contributed by atoms with Crippen LogP contribution in [0.1, 0.15) is 47.2 Å². The number of hydrogen-bond donors (Lipinski definition) is 0. The Hall–Kier alpha value is -6.73. The molecular formula is C64H41NSU. The first-order valence-corrected chi connectivity index (χ1v) is 23.7. The third-order valence-corrected chi connectivity index (χ3v) is 16.1. The Morgan fingerprint density at radius 3 is 1.66 bits per heavy atom. The summed E-state index contributed by atoms with van der Waals surface area (Å²) in [6.45, 7) is 4.74. The Balaban J connectivity index is 0.00000446. The number of fused-ring (bicyclic) bond motifs is 19. The molecule has 0 aliphatic heterocycles. The molecule has 10 aromatic carbocycles. The Morgan fingerprint density at radius 1 is 0.403 bits per heavy atom. The van der Waals surface area contributed by atoms with E-state index in [2.05, 4.69) is 231 Å². The molecule has 3 aliphatic rings. The van der Waals surface area contributed by atoms with Gasteiger partial charge < -0.3 is 4.90 Å². The van der Waals surface area contributed by atoms with Crippen molar-refractivity contribution in [2.75, 3.05) is 4.90 Å². The Morgan fingerprint density at radius 2 is 0.955 bits per heavy atom. The van der Waals surface area contributed by atoms with Gasteiger partial charge in [0, 0.05) is 42.5 Å². The molecule has 0 radical (unpaired) electrons. The number of rotatable bonds is 4. The second kappa shape index (κ2) is 15.1. The van der Waals surface area contributed by atoms with E-state index in [0.717, 1.165) is 28.2 Å². The van der Waals surface area contributed by atoms with E-state index < -0.39 is 5.41 Å². The van der Waals surface area contributed by atoms with Crippen LogP contribution in [0.25, 0.3) is 75.8 Å². The minimum Gasteiger partial charge on any atom is -0.352 e. The molecule has 1 heterocycles. The zero-order valence-corrected chi connectivity index (χ0v) is 42.0. The molecule has 312 valence electrons. The smallest absolute Gasteiger partial charge is 0.352 e. The molecule has 0 saturated heterocycles. The molecule has 3 heteroatoms. The summed E-state index contributed by atoms with van der Waals surface area (Å²) in [5, 5.41) is 2.64. The monoisotopic (exact) mass is 1090 g/mol. The largest absolute Gasteiger partial charge is 2.00 e. The van der Waals surface area contributed by atoms with Gasteiger partial charge in [0.15, 0.2) is 0 Å². The molecule has 1 unspecified atom stereocenters. The molecular weight excluding hydrogens is 1050 g/mol. The van der Waals surface area contributed by atoms with Crippen molar-refractivity contribution in [2.45, 2.75) is 24.7 Å². The van der Waals surface area contributed by atoms with E-state index in [4.69, 9.17) is 0 Å². The van der Waals surface area contributed by atoms with Crippen LogP contribution < -0.4 is 4.90 Å². The number of thiophene rings is 1. The number of benzene rings is 10. The van der Waals surface area contributed by atoms with Gasteiger partial charge in [0.25, 0.3) is 0 Å². The summed E-state index contributed by atoms with van der Waals surface area (Å²) in [5.41, 5.74) is 22.8. The van der Waals surface area contributed by atoms with Crippen LogP contribution >= 0.6 is 11.3 Å². The number of hydrogen-bond acceptors (Lipinski definition) is 2. The van der Waals surface area contributed by atoms with E-state index >= 15 is 0 Å². The quantitative estimate of drug-likeness (QED) is 0.159. The minimum atomic E-state index is -0.635. The van der Waals surface area contributed by atoms with Crippen LogP contribution in [0.2, 0.25) is 0 Å². The van der Waals surface area contributed by atoms with Crippen molar-refractivity contribution in [2.24, 2.45) is 0 Å². The van der Waals surface area contributed by atoms with Crippen LogP contribution in [0.4, 0.5) is 17.1 Å². The Kier molecular flexibility index (Phi) is 9.16. The number of anilines is 3. The van der Waals surface area contributed by atoms with Crippen molar-refractivity contribution >= 4 is 48.6 Å². The first kappa shape index (κ1) is 40.5. The topological polar surface area (TPSA) is 3.24 Å². The van der Waals surface area contributed by atoms with E-state index in [1.54, 1.807) is 0 Å². The normalized spacial score (nSPS) is 15.4. The molecule has 11 aromatic rings. The third kappa shape index (κ3) is 5.66. The van der Waals surface area contributed by atoms with Crippen molar-refractivity contribution in [3.05, 3.63) is 258 Å². The standard InChI is InChI=1S/C64H41NS.U/c1-63(2)54-24-12-8-21-48(54)50-35-33-43(38-58(50)63)65(42-30-28-41(29-31-42)40-16-4-3-5-17-40)44-32-34-49-46-19-7-6-18-45(46)47-20-9-13-25-55(47)64(59(49)39-44)56-26-14-10-23-53(56)61-57(64)37-36-52-51-22-11-15-27-60(51)66-62(52)61;/h3-16,18-28,30-39H,1-2H3;/q-2;+2. The van der Waals surface area contributed by atoms with Crippen LogP contribution in [-0.2, 0) is 10.8 Å². The van der Waals surface area contributed by atoms with Gasteiger partial charge in [-0.1, -0.05) is 153 Å². The van der Waals surface area contributed by atoms with Gasteiger partial charge in [-0.15, -0.1) is 29.5 Å². The number of nitrogens with zero attached hydrogens (tertiary/aromatic N) is 1. The maximum Gasteiger partial charge on any atom is 2.00 e. The van der Waals surface area contributed by atoms with Crippen molar-refractivity contribution in [3.63, 3.8) is 0 Å². The molecule has 1 nitrogen and oxygen atoms in total. The molecule has 0 N–H and O–H groups in total. The maximum atomic E-state index is 3.69. The van der Waals surface area contributed by atoms with Crippen molar-refractivity contribution in [1.82, 2.24) is 0 Å². The zero-order chi connectivity index (χ0) is 43.7. The van der Waals surface area contributed by atoms with Crippen molar-refractivity contribution < 1.29 is 31.1 Å². The van der Waals surface area contributed by atoms with Gasteiger partial charge >= 0.3 is 31.1 Å². The first-order chi connectivity index (χ1) is 32.5. The van der Waals surface area contributed by atoms with E-state index in [1.165, 1.54) is 98.1 Å². The molecule has 67 heavy (non-hydrogen) atoms. The van der Waals surface area contributed by atoms with Crippen LogP contribution in [0.15, 0.2) is 212 Å². The molecule has 1 aromatic heterocycles. The first-order valence-electron chi connectivity index (χ1n) is 22.9. The summed E-state index contributed by atoms with van der Waals surface area (Å²) in [4.78, 5) is 2.46. The molecule has 0 amide bonds. The van der Waals surface area contributed by atoms with Crippen molar-refractivity contribution in [1.29, 1.82) is 0 Å². The van der Waals surface area contributed by atoms with E-state index in [9.17, 15) is 0 Å². The summed E-state index contributed by atoms with van der Waals surface area (Å²) in [6.07, 6.45) is 0. The van der Waals surface area contributed by atoms with E-state index in [-0.39, 0.29) is 36.5 Å². The van der Waals surface area contributed by atoms with Gasteiger partial charge in [0.2, 0.25) is 0 Å². The average Bonchev–Trinajstić information content (AvgIpc) is 3.95. The van der Waals surface area contributed by atoms with Crippen LogP contribution in [-0.4, -0.2) is 0 Å². The van der Waals surface area contributed by atoms with Crippen LogP contribution in [0, 0.1) is 43.2 Å². The van der Waals surface area contributed by atoms with Crippen LogP contribution in [0.5, 0.6) is 0 Å². The third-order valence-electron chi connectivity index (χ3n) is 14.9. The Labute approximate surface area is 419 Å². The van der Waals surface area contributed by atoms with Gasteiger partial charge in [-0.2, -0.15) is 36.4 Å². The second-order valence-corrected chi connectivity index (χ2v) is 19.6. The SMILES string of the molecule is CC1(C)c2ccccc2-c2ccc(N(c3c[c-]c(-c4[c-]cccc4)cc3)c3ccc4c(c3)C3(c5ccccc5-c5ccccc5-4)c4ccccc4-c4c3ccc3c4sc4ccccc43)cc21.[U+2]. The summed E-state index contributed by atoms with van der Waals surface area (Å²) >= 11 is 1.93. The summed E-state index contributed by atoms with van der Waals surface area (Å²) in [6, 6.07) is 86.5. The molecule has 1 atom stereocenters.